The largest absolute Gasteiger partial charge is 0.0871 e. The average Bonchev–Trinajstić information content (AvgIpc) is 2.06. The molecule has 0 saturated heterocycles. The van der Waals surface area contributed by atoms with Crippen LogP contribution in [0.5, 0.6) is 0 Å². The van der Waals surface area contributed by atoms with Crippen molar-refractivity contribution in [2.75, 3.05) is 5.33 Å². The van der Waals surface area contributed by atoms with Gasteiger partial charge in [0.25, 0.3) is 0 Å². The van der Waals surface area contributed by atoms with E-state index in [-0.39, 0.29) is 0 Å². The number of halogens is 2. The molecule has 64 valence electrons. The minimum absolute atomic E-state index is 0.843. The molecule has 1 saturated carbocycles. The zero-order valence-corrected chi connectivity index (χ0v) is 9.83. The topological polar surface area (TPSA) is 0 Å². The molecule has 0 aromatic rings. The molecule has 1 fully saturated rings. The van der Waals surface area contributed by atoms with Crippen molar-refractivity contribution in [3.05, 3.63) is 10.6 Å². The summed E-state index contributed by atoms with van der Waals surface area (Å²) < 4.78 is 1.31. The van der Waals surface area contributed by atoms with Crippen molar-refractivity contribution in [2.24, 2.45) is 5.92 Å². The zero-order chi connectivity index (χ0) is 8.10. The lowest BCUT2D eigenvalue weighted by atomic mass is 9.89. The summed E-state index contributed by atoms with van der Waals surface area (Å²) in [6.07, 6.45) is 9.43. The Labute approximate surface area is 85.7 Å². The van der Waals surface area contributed by atoms with Gasteiger partial charge in [0.15, 0.2) is 0 Å². The molecule has 0 aromatic heterocycles. The Morgan fingerprint density at radius 2 is 1.91 bits per heavy atom. The molecule has 1 aliphatic carbocycles. The second-order valence-electron chi connectivity index (χ2n) is 3.15. The molecule has 0 aliphatic heterocycles. The van der Waals surface area contributed by atoms with Gasteiger partial charge in [-0.2, -0.15) is 0 Å². The molecule has 0 N–H and O–H groups in total. The molecule has 0 nitrogen and oxygen atoms in total. The van der Waals surface area contributed by atoms with Gasteiger partial charge < -0.3 is 0 Å². The molecule has 1 aliphatic rings. The van der Waals surface area contributed by atoms with Crippen LogP contribution in [0.15, 0.2) is 10.6 Å². The van der Waals surface area contributed by atoms with Gasteiger partial charge in [0, 0.05) is 9.81 Å². The Kier molecular flexibility index (Phi) is 4.77. The van der Waals surface area contributed by atoms with Crippen LogP contribution in [0.2, 0.25) is 0 Å². The van der Waals surface area contributed by atoms with E-state index in [1.807, 2.05) is 0 Å². The summed E-state index contributed by atoms with van der Waals surface area (Å²) in [5.74, 6) is 0.843. The summed E-state index contributed by atoms with van der Waals surface area (Å²) in [4.78, 5) is 0. The van der Waals surface area contributed by atoms with Crippen molar-refractivity contribution in [1.82, 2.24) is 0 Å². The van der Waals surface area contributed by atoms with Crippen molar-refractivity contribution < 1.29 is 0 Å². The second-order valence-corrected chi connectivity index (χ2v) is 4.72. The van der Waals surface area contributed by atoms with Gasteiger partial charge in [-0.05, 0) is 18.8 Å². The number of rotatable bonds is 2. The maximum atomic E-state index is 3.53. The lowest BCUT2D eigenvalue weighted by molar-refractivity contribution is 0.419. The van der Waals surface area contributed by atoms with Crippen LogP contribution in [-0.4, -0.2) is 5.33 Å². The molecule has 0 bridgehead atoms. The highest BCUT2D eigenvalue weighted by Crippen LogP contribution is 2.26. The van der Waals surface area contributed by atoms with E-state index in [1.54, 1.807) is 0 Å². The summed E-state index contributed by atoms with van der Waals surface area (Å²) in [7, 11) is 0. The molecule has 0 atom stereocenters. The quantitative estimate of drug-likeness (QED) is 0.664. The van der Waals surface area contributed by atoms with Crippen LogP contribution >= 0.6 is 31.9 Å². The minimum Gasteiger partial charge on any atom is -0.0871 e. The van der Waals surface area contributed by atoms with E-state index in [0.29, 0.717) is 0 Å². The van der Waals surface area contributed by atoms with Gasteiger partial charge in [-0.25, -0.2) is 0 Å². The maximum absolute atomic E-state index is 3.53. The standard InChI is InChI=1S/C9H14Br2/c10-7-9(11)6-8-4-2-1-3-5-8/h6,8H,1-5,7H2/b9-6+. The lowest BCUT2D eigenvalue weighted by Gasteiger charge is -2.18. The first kappa shape index (κ1) is 9.79. The van der Waals surface area contributed by atoms with Crippen LogP contribution in [0, 0.1) is 5.92 Å². The SMILES string of the molecule is BrC/C(Br)=C\C1CCCCC1. The second kappa shape index (κ2) is 5.36. The summed E-state index contributed by atoms with van der Waals surface area (Å²) in [5, 5.41) is 0.962. The van der Waals surface area contributed by atoms with Crippen molar-refractivity contribution in [2.45, 2.75) is 32.1 Å². The van der Waals surface area contributed by atoms with Crippen molar-refractivity contribution in [3.8, 4) is 0 Å². The molecule has 0 aromatic carbocycles. The van der Waals surface area contributed by atoms with Gasteiger partial charge in [-0.1, -0.05) is 57.2 Å². The zero-order valence-electron chi connectivity index (χ0n) is 6.65. The summed E-state index contributed by atoms with van der Waals surface area (Å²) in [6, 6.07) is 0. The Morgan fingerprint density at radius 3 is 2.45 bits per heavy atom. The third kappa shape index (κ3) is 3.75. The third-order valence-electron chi connectivity index (χ3n) is 2.19. The smallest absolute Gasteiger partial charge is 0.0346 e. The van der Waals surface area contributed by atoms with E-state index in [1.165, 1.54) is 36.6 Å². The molecule has 0 spiro atoms. The third-order valence-corrected chi connectivity index (χ3v) is 4.10. The number of allylic oxidation sites excluding steroid dienone is 2. The van der Waals surface area contributed by atoms with Crippen LogP contribution in [0.4, 0.5) is 0 Å². The Balaban J connectivity index is 2.34. The van der Waals surface area contributed by atoms with E-state index >= 15 is 0 Å². The van der Waals surface area contributed by atoms with E-state index < -0.39 is 0 Å². The summed E-state index contributed by atoms with van der Waals surface area (Å²) in [5.41, 5.74) is 0. The van der Waals surface area contributed by atoms with E-state index in [0.717, 1.165) is 11.2 Å². The summed E-state index contributed by atoms with van der Waals surface area (Å²) >= 11 is 6.95. The Morgan fingerprint density at radius 1 is 1.27 bits per heavy atom. The fourth-order valence-corrected chi connectivity index (χ4v) is 2.16. The van der Waals surface area contributed by atoms with E-state index in [9.17, 15) is 0 Å². The molecule has 0 radical (unpaired) electrons. The first-order valence-corrected chi connectivity index (χ1v) is 6.16. The molecule has 0 heterocycles. The van der Waals surface area contributed by atoms with Gasteiger partial charge >= 0.3 is 0 Å². The monoisotopic (exact) mass is 280 g/mol. The average molecular weight is 282 g/mol. The molecular formula is C9H14Br2. The molecule has 1 rings (SSSR count). The fourth-order valence-electron chi connectivity index (χ4n) is 1.60. The molecule has 0 amide bonds. The van der Waals surface area contributed by atoms with E-state index in [2.05, 4.69) is 37.9 Å². The van der Waals surface area contributed by atoms with Gasteiger partial charge in [0.1, 0.15) is 0 Å². The number of hydrogen-bond acceptors (Lipinski definition) is 0. The van der Waals surface area contributed by atoms with Gasteiger partial charge in [-0.3, -0.25) is 0 Å². The number of alkyl halides is 1. The van der Waals surface area contributed by atoms with Crippen LogP contribution < -0.4 is 0 Å². The highest BCUT2D eigenvalue weighted by molar-refractivity contribution is 9.13. The maximum Gasteiger partial charge on any atom is 0.0346 e. The van der Waals surface area contributed by atoms with Gasteiger partial charge in [0.2, 0.25) is 0 Å². The number of hydrogen-bond donors (Lipinski definition) is 0. The van der Waals surface area contributed by atoms with Crippen LogP contribution in [0.25, 0.3) is 0 Å². The van der Waals surface area contributed by atoms with Crippen LogP contribution in [-0.2, 0) is 0 Å². The highest BCUT2D eigenvalue weighted by atomic mass is 79.9. The van der Waals surface area contributed by atoms with Gasteiger partial charge in [-0.15, -0.1) is 0 Å². The normalized spacial score (nSPS) is 22.2. The van der Waals surface area contributed by atoms with Crippen LogP contribution in [0.1, 0.15) is 32.1 Å². The Hall–Kier alpha value is 0.700. The minimum atomic E-state index is 0.843. The molecule has 0 unspecified atom stereocenters. The first-order valence-electron chi connectivity index (χ1n) is 4.25. The van der Waals surface area contributed by atoms with Gasteiger partial charge in [0.05, 0.1) is 0 Å². The van der Waals surface area contributed by atoms with Crippen molar-refractivity contribution in [1.29, 1.82) is 0 Å². The summed E-state index contributed by atoms with van der Waals surface area (Å²) in [6.45, 7) is 0. The molecule has 2 heteroatoms. The fraction of sp³-hybridized carbons (Fsp3) is 0.778. The van der Waals surface area contributed by atoms with E-state index in [4.69, 9.17) is 0 Å². The van der Waals surface area contributed by atoms with Crippen molar-refractivity contribution in [3.63, 3.8) is 0 Å². The van der Waals surface area contributed by atoms with Crippen LogP contribution in [0.3, 0.4) is 0 Å². The lowest BCUT2D eigenvalue weighted by Crippen LogP contribution is -2.03. The molecule has 11 heavy (non-hydrogen) atoms. The highest BCUT2D eigenvalue weighted by Gasteiger charge is 2.10. The molecular weight excluding hydrogens is 268 g/mol. The predicted octanol–water partition coefficient (Wildman–Crippen LogP) is 4.24. The predicted molar refractivity (Wildman–Crippen MR) is 57.4 cm³/mol. The van der Waals surface area contributed by atoms with Crippen molar-refractivity contribution >= 4 is 31.9 Å². The first-order chi connectivity index (χ1) is 5.33. The Bertz CT molecular complexity index is 134.